The number of hydrogen-bond donors (Lipinski definition) is 2. The van der Waals surface area contributed by atoms with E-state index >= 15 is 0 Å². The summed E-state index contributed by atoms with van der Waals surface area (Å²) < 4.78 is 5.65. The smallest absolute Gasteiger partial charge is 0.277 e. The quantitative estimate of drug-likeness (QED) is 0.473. The Labute approximate surface area is 200 Å². The number of aryl methyl sites for hydroxylation is 1. The molecule has 0 bridgehead atoms. The van der Waals surface area contributed by atoms with Crippen molar-refractivity contribution in [3.05, 3.63) is 107 Å². The molecule has 0 radical (unpaired) electrons. The molecule has 1 atom stereocenters. The largest absolute Gasteiger partial charge is 0.484 e. The van der Waals surface area contributed by atoms with Crippen LogP contribution in [-0.2, 0) is 10.4 Å². The Morgan fingerprint density at radius 2 is 1.74 bits per heavy atom. The average Bonchev–Trinajstić information content (AvgIpc) is 3.20. The fourth-order valence-corrected chi connectivity index (χ4v) is 4.38. The standard InChI is InChI=1S/C29H30N2O3/c1-20(2)26-15-14-25(16-21(26)3)34-19-28(32)31-30-24-17-27(22-10-6-4-7-11-22)29(33,18-24)23-12-8-5-9-13-23/h4-17,20,33H,18-19H2,1-3H3,(H,31,32)/b30-24+/t29-/m1/s1. The van der Waals surface area contributed by atoms with Gasteiger partial charge in [-0.25, -0.2) is 5.43 Å². The third kappa shape index (κ3) is 5.10. The molecule has 0 saturated carbocycles. The summed E-state index contributed by atoms with van der Waals surface area (Å²) in [6, 6.07) is 25.1. The molecule has 174 valence electrons. The number of aliphatic hydroxyl groups is 1. The normalized spacial score (nSPS) is 18.7. The van der Waals surface area contributed by atoms with Gasteiger partial charge in [0.15, 0.2) is 6.61 Å². The van der Waals surface area contributed by atoms with Crippen molar-refractivity contribution in [3.63, 3.8) is 0 Å². The molecule has 0 fully saturated rings. The minimum absolute atomic E-state index is 0.143. The summed E-state index contributed by atoms with van der Waals surface area (Å²) in [6.07, 6.45) is 2.11. The number of carbonyl (C=O) groups excluding carboxylic acids is 1. The summed E-state index contributed by atoms with van der Waals surface area (Å²) in [5.41, 5.74) is 6.78. The molecule has 2 N–H and O–H groups in total. The lowest BCUT2D eigenvalue weighted by Gasteiger charge is -2.27. The van der Waals surface area contributed by atoms with E-state index in [9.17, 15) is 9.90 Å². The molecule has 0 spiro atoms. The third-order valence-electron chi connectivity index (χ3n) is 6.09. The van der Waals surface area contributed by atoms with Gasteiger partial charge in [-0.1, -0.05) is 80.6 Å². The molecule has 0 heterocycles. The van der Waals surface area contributed by atoms with E-state index in [-0.39, 0.29) is 18.9 Å². The molecule has 1 aliphatic rings. The van der Waals surface area contributed by atoms with Crippen molar-refractivity contribution >= 4 is 17.2 Å². The number of nitrogens with zero attached hydrogens (tertiary/aromatic N) is 1. The molecular formula is C29H30N2O3. The van der Waals surface area contributed by atoms with Crippen molar-refractivity contribution in [1.82, 2.24) is 5.43 Å². The molecule has 4 rings (SSSR count). The number of allylic oxidation sites excluding steroid dienone is 1. The highest BCUT2D eigenvalue weighted by Crippen LogP contribution is 2.43. The maximum atomic E-state index is 12.4. The topological polar surface area (TPSA) is 70.9 Å². The summed E-state index contributed by atoms with van der Waals surface area (Å²) in [5, 5.41) is 16.0. The fraction of sp³-hybridized carbons (Fsp3) is 0.241. The third-order valence-corrected chi connectivity index (χ3v) is 6.09. The average molecular weight is 455 g/mol. The van der Waals surface area contributed by atoms with Crippen molar-refractivity contribution in [1.29, 1.82) is 0 Å². The molecular weight excluding hydrogens is 424 g/mol. The number of hydrogen-bond acceptors (Lipinski definition) is 4. The SMILES string of the molecule is Cc1cc(OCC(=O)N/N=C2\C=C(c3ccccc3)[C@](O)(c3ccccc3)C2)ccc1C(C)C. The van der Waals surface area contributed by atoms with Crippen molar-refractivity contribution in [3.8, 4) is 5.75 Å². The Kier molecular flexibility index (Phi) is 6.94. The van der Waals surface area contributed by atoms with Crippen LogP contribution in [-0.4, -0.2) is 23.3 Å². The Morgan fingerprint density at radius 3 is 2.38 bits per heavy atom. The molecule has 1 aliphatic carbocycles. The number of benzene rings is 3. The summed E-state index contributed by atoms with van der Waals surface area (Å²) in [7, 11) is 0. The maximum Gasteiger partial charge on any atom is 0.277 e. The van der Waals surface area contributed by atoms with Gasteiger partial charge in [0.1, 0.15) is 11.4 Å². The van der Waals surface area contributed by atoms with Gasteiger partial charge < -0.3 is 9.84 Å². The van der Waals surface area contributed by atoms with Gasteiger partial charge in [0.25, 0.3) is 5.91 Å². The van der Waals surface area contributed by atoms with Crippen LogP contribution < -0.4 is 10.2 Å². The van der Waals surface area contributed by atoms with E-state index < -0.39 is 5.60 Å². The molecule has 34 heavy (non-hydrogen) atoms. The minimum Gasteiger partial charge on any atom is -0.484 e. The van der Waals surface area contributed by atoms with E-state index in [0.29, 0.717) is 17.4 Å². The van der Waals surface area contributed by atoms with Crippen LogP contribution >= 0.6 is 0 Å². The minimum atomic E-state index is -1.22. The highest BCUT2D eigenvalue weighted by atomic mass is 16.5. The molecule has 0 aliphatic heterocycles. The van der Waals surface area contributed by atoms with Crippen LogP contribution in [0.15, 0.2) is 90.0 Å². The zero-order valence-corrected chi connectivity index (χ0v) is 19.8. The van der Waals surface area contributed by atoms with Crippen molar-refractivity contribution in [2.75, 3.05) is 6.61 Å². The van der Waals surface area contributed by atoms with Crippen LogP contribution in [0.2, 0.25) is 0 Å². The van der Waals surface area contributed by atoms with E-state index in [4.69, 9.17) is 4.74 Å². The fourth-order valence-electron chi connectivity index (χ4n) is 4.38. The highest BCUT2D eigenvalue weighted by molar-refractivity contribution is 6.08. The zero-order chi connectivity index (χ0) is 24.1. The lowest BCUT2D eigenvalue weighted by molar-refractivity contribution is -0.123. The zero-order valence-electron chi connectivity index (χ0n) is 19.8. The predicted octanol–water partition coefficient (Wildman–Crippen LogP) is 5.34. The van der Waals surface area contributed by atoms with Crippen molar-refractivity contribution in [2.45, 2.75) is 38.7 Å². The molecule has 5 nitrogen and oxygen atoms in total. The highest BCUT2D eigenvalue weighted by Gasteiger charge is 2.40. The van der Waals surface area contributed by atoms with E-state index in [1.54, 1.807) is 0 Å². The second-order valence-electron chi connectivity index (χ2n) is 8.93. The van der Waals surface area contributed by atoms with Crippen molar-refractivity contribution in [2.24, 2.45) is 5.10 Å². The van der Waals surface area contributed by atoms with Crippen LogP contribution in [0, 0.1) is 6.92 Å². The molecule has 0 saturated heterocycles. The van der Waals surface area contributed by atoms with Crippen molar-refractivity contribution < 1.29 is 14.6 Å². The summed E-state index contributed by atoms with van der Waals surface area (Å²) in [6.45, 7) is 6.19. The summed E-state index contributed by atoms with van der Waals surface area (Å²) in [5.74, 6) is 0.723. The van der Waals surface area contributed by atoms with Gasteiger partial charge in [-0.3, -0.25) is 4.79 Å². The molecule has 0 unspecified atom stereocenters. The number of rotatable bonds is 7. The van der Waals surface area contributed by atoms with Gasteiger partial charge in [0, 0.05) is 6.42 Å². The number of ether oxygens (including phenoxy) is 1. The van der Waals surface area contributed by atoms with Gasteiger partial charge in [-0.05, 0) is 58.9 Å². The second kappa shape index (κ2) is 10.1. The van der Waals surface area contributed by atoms with Crippen LogP contribution in [0.1, 0.15) is 48.4 Å². The molecule has 5 heteroatoms. The Bertz CT molecular complexity index is 1220. The van der Waals surface area contributed by atoms with Crippen LogP contribution in [0.3, 0.4) is 0 Å². The lowest BCUT2D eigenvalue weighted by Crippen LogP contribution is -2.27. The molecule has 0 aromatic heterocycles. The predicted molar refractivity (Wildman–Crippen MR) is 136 cm³/mol. The molecule has 1 amide bonds. The first-order valence-electron chi connectivity index (χ1n) is 11.5. The van der Waals surface area contributed by atoms with Gasteiger partial charge in [0.05, 0.1) is 5.71 Å². The molecule has 3 aromatic carbocycles. The molecule has 3 aromatic rings. The van der Waals surface area contributed by atoms with Crippen LogP contribution in [0.5, 0.6) is 5.75 Å². The lowest BCUT2D eigenvalue weighted by atomic mass is 9.84. The van der Waals surface area contributed by atoms with E-state index in [0.717, 1.165) is 22.3 Å². The van der Waals surface area contributed by atoms with Gasteiger partial charge >= 0.3 is 0 Å². The Hall–Kier alpha value is -3.70. The van der Waals surface area contributed by atoms with Crippen LogP contribution in [0.4, 0.5) is 0 Å². The summed E-state index contributed by atoms with van der Waals surface area (Å²) in [4.78, 5) is 12.4. The number of nitrogens with one attached hydrogen (secondary N) is 1. The van der Waals surface area contributed by atoms with Gasteiger partial charge in [-0.15, -0.1) is 0 Å². The number of hydrazone groups is 1. The summed E-state index contributed by atoms with van der Waals surface area (Å²) >= 11 is 0. The van der Waals surface area contributed by atoms with Crippen LogP contribution in [0.25, 0.3) is 5.57 Å². The second-order valence-corrected chi connectivity index (χ2v) is 8.93. The first-order valence-corrected chi connectivity index (χ1v) is 11.5. The van der Waals surface area contributed by atoms with E-state index in [1.807, 2.05) is 91.9 Å². The Balaban J connectivity index is 1.47. The first-order chi connectivity index (χ1) is 16.4. The number of carbonyl (C=O) groups is 1. The van der Waals surface area contributed by atoms with E-state index in [2.05, 4.69) is 24.4 Å². The van der Waals surface area contributed by atoms with Gasteiger partial charge in [0.2, 0.25) is 0 Å². The van der Waals surface area contributed by atoms with Gasteiger partial charge in [-0.2, -0.15) is 5.10 Å². The maximum absolute atomic E-state index is 12.4. The first kappa shape index (κ1) is 23.5. The van der Waals surface area contributed by atoms with E-state index in [1.165, 1.54) is 5.56 Å². The Morgan fingerprint density at radius 1 is 1.06 bits per heavy atom. The monoisotopic (exact) mass is 454 g/mol. The number of amides is 1.